The van der Waals surface area contributed by atoms with E-state index in [1.807, 2.05) is 13.0 Å². The zero-order valence-electron chi connectivity index (χ0n) is 12.3. The first-order valence-corrected chi connectivity index (χ1v) is 8.04. The van der Waals surface area contributed by atoms with E-state index in [1.54, 1.807) is 23.5 Å². The maximum absolute atomic E-state index is 11.6. The molecule has 0 saturated carbocycles. The van der Waals surface area contributed by atoms with E-state index < -0.39 is 0 Å². The van der Waals surface area contributed by atoms with Crippen LogP contribution in [0.3, 0.4) is 0 Å². The quantitative estimate of drug-likeness (QED) is 0.824. The van der Waals surface area contributed by atoms with Crippen LogP contribution in [0.25, 0.3) is 0 Å². The minimum atomic E-state index is -0.195. The zero-order valence-corrected chi connectivity index (χ0v) is 13.1. The number of amides is 1. The van der Waals surface area contributed by atoms with Crippen molar-refractivity contribution in [1.29, 1.82) is 0 Å². The van der Waals surface area contributed by atoms with Crippen molar-refractivity contribution in [3.63, 3.8) is 0 Å². The molecule has 1 unspecified atom stereocenters. The first kappa shape index (κ1) is 15.4. The molecule has 1 amide bonds. The monoisotopic (exact) mass is 304 g/mol. The second-order valence-corrected chi connectivity index (χ2v) is 5.64. The fraction of sp³-hybridized carbons (Fsp3) is 0.400. The molecule has 0 radical (unpaired) electrons. The molecule has 112 valence electrons. The second-order valence-electron chi connectivity index (χ2n) is 4.66. The van der Waals surface area contributed by atoms with Crippen molar-refractivity contribution < 1.29 is 4.79 Å². The van der Waals surface area contributed by atoms with Gasteiger partial charge in [0.25, 0.3) is 5.91 Å². The van der Waals surface area contributed by atoms with Crippen LogP contribution in [0, 0.1) is 0 Å². The number of nitrogens with zero attached hydrogens (tertiary/aromatic N) is 2. The van der Waals surface area contributed by atoms with Gasteiger partial charge in [0.1, 0.15) is 5.82 Å². The van der Waals surface area contributed by atoms with Crippen molar-refractivity contribution in [2.45, 2.75) is 32.7 Å². The Hall–Kier alpha value is -1.95. The Morgan fingerprint density at radius 2 is 2.14 bits per heavy atom. The molecule has 2 aromatic rings. The van der Waals surface area contributed by atoms with Crippen LogP contribution >= 0.6 is 11.3 Å². The van der Waals surface area contributed by atoms with Gasteiger partial charge in [0.05, 0.1) is 6.04 Å². The number of rotatable bonds is 7. The number of carbonyl (C=O) groups excluding carboxylic acids is 1. The zero-order chi connectivity index (χ0) is 15.1. The summed E-state index contributed by atoms with van der Waals surface area (Å²) in [5.41, 5.74) is 0.338. The van der Waals surface area contributed by atoms with Crippen molar-refractivity contribution in [1.82, 2.24) is 15.5 Å². The third kappa shape index (κ3) is 4.26. The van der Waals surface area contributed by atoms with Crippen LogP contribution in [-0.2, 0) is 0 Å². The summed E-state index contributed by atoms with van der Waals surface area (Å²) in [6, 6.07) is 7.90. The number of hydrogen-bond donors (Lipinski definition) is 2. The van der Waals surface area contributed by atoms with E-state index in [1.165, 1.54) is 4.88 Å². The van der Waals surface area contributed by atoms with Crippen LogP contribution in [0.4, 0.5) is 5.82 Å². The van der Waals surface area contributed by atoms with Gasteiger partial charge in [-0.2, -0.15) is 0 Å². The maximum atomic E-state index is 11.6. The standard InChI is InChI=1S/C15H20N4OS/c1-3-6-11(13-7-5-10-21-13)17-14-9-8-12(18-19-14)15(20)16-4-2/h5,7-11H,3-4,6H2,1-2H3,(H,16,20)(H,17,19). The Morgan fingerprint density at radius 3 is 2.71 bits per heavy atom. The van der Waals surface area contributed by atoms with Crippen molar-refractivity contribution >= 4 is 23.1 Å². The van der Waals surface area contributed by atoms with Crippen molar-refractivity contribution in [3.05, 3.63) is 40.2 Å². The summed E-state index contributed by atoms with van der Waals surface area (Å²) in [5.74, 6) is 0.495. The number of aromatic nitrogens is 2. The van der Waals surface area contributed by atoms with E-state index in [0.717, 1.165) is 12.8 Å². The molecule has 0 fully saturated rings. The number of thiophene rings is 1. The van der Waals surface area contributed by atoms with Gasteiger partial charge in [-0.05, 0) is 36.9 Å². The van der Waals surface area contributed by atoms with E-state index in [-0.39, 0.29) is 11.9 Å². The number of carbonyl (C=O) groups is 1. The summed E-state index contributed by atoms with van der Waals surface area (Å²) in [7, 11) is 0. The summed E-state index contributed by atoms with van der Waals surface area (Å²) in [6.45, 7) is 4.61. The second kappa shape index (κ2) is 7.73. The van der Waals surface area contributed by atoms with Crippen LogP contribution in [0.1, 0.15) is 48.1 Å². The molecule has 2 rings (SSSR count). The van der Waals surface area contributed by atoms with E-state index in [2.05, 4.69) is 39.2 Å². The average molecular weight is 304 g/mol. The van der Waals surface area contributed by atoms with Gasteiger partial charge >= 0.3 is 0 Å². The molecular weight excluding hydrogens is 284 g/mol. The van der Waals surface area contributed by atoms with Gasteiger partial charge in [-0.1, -0.05) is 19.4 Å². The van der Waals surface area contributed by atoms with Gasteiger partial charge in [0, 0.05) is 11.4 Å². The highest BCUT2D eigenvalue weighted by Gasteiger charge is 2.13. The van der Waals surface area contributed by atoms with Gasteiger partial charge in [-0.25, -0.2) is 0 Å². The summed E-state index contributed by atoms with van der Waals surface area (Å²) >= 11 is 1.73. The molecule has 2 heterocycles. The van der Waals surface area contributed by atoms with Crippen LogP contribution in [0.5, 0.6) is 0 Å². The molecule has 0 bridgehead atoms. The van der Waals surface area contributed by atoms with Gasteiger partial charge in [-0.15, -0.1) is 21.5 Å². The lowest BCUT2D eigenvalue weighted by molar-refractivity contribution is 0.0950. The Balaban J connectivity index is 2.06. The van der Waals surface area contributed by atoms with Gasteiger partial charge in [0.15, 0.2) is 5.69 Å². The first-order chi connectivity index (χ1) is 10.2. The van der Waals surface area contributed by atoms with E-state index in [0.29, 0.717) is 18.1 Å². The van der Waals surface area contributed by atoms with Gasteiger partial charge in [-0.3, -0.25) is 4.79 Å². The van der Waals surface area contributed by atoms with Crippen molar-refractivity contribution in [2.75, 3.05) is 11.9 Å². The third-order valence-electron chi connectivity index (χ3n) is 3.02. The van der Waals surface area contributed by atoms with Gasteiger partial charge < -0.3 is 10.6 Å². The molecule has 0 aliphatic rings. The Labute approximate surface area is 128 Å². The molecule has 0 aromatic carbocycles. The molecule has 2 N–H and O–H groups in total. The fourth-order valence-electron chi connectivity index (χ4n) is 2.02. The molecule has 21 heavy (non-hydrogen) atoms. The molecular formula is C15H20N4OS. The first-order valence-electron chi connectivity index (χ1n) is 7.16. The number of hydrogen-bond acceptors (Lipinski definition) is 5. The number of anilines is 1. The van der Waals surface area contributed by atoms with Gasteiger partial charge in [0.2, 0.25) is 0 Å². The summed E-state index contributed by atoms with van der Waals surface area (Å²) in [6.07, 6.45) is 2.11. The smallest absolute Gasteiger partial charge is 0.271 e. The van der Waals surface area contributed by atoms with E-state index in [9.17, 15) is 4.79 Å². The largest absolute Gasteiger partial charge is 0.361 e. The normalized spacial score (nSPS) is 11.9. The lowest BCUT2D eigenvalue weighted by atomic mass is 10.1. The molecule has 0 aliphatic heterocycles. The predicted octanol–water partition coefficient (Wildman–Crippen LogP) is 3.24. The van der Waals surface area contributed by atoms with E-state index >= 15 is 0 Å². The summed E-state index contributed by atoms with van der Waals surface area (Å²) in [4.78, 5) is 12.9. The van der Waals surface area contributed by atoms with Crippen LogP contribution in [0.15, 0.2) is 29.6 Å². The topological polar surface area (TPSA) is 66.9 Å². The van der Waals surface area contributed by atoms with Crippen LogP contribution < -0.4 is 10.6 Å². The Morgan fingerprint density at radius 1 is 1.29 bits per heavy atom. The summed E-state index contributed by atoms with van der Waals surface area (Å²) < 4.78 is 0. The Bertz CT molecular complexity index is 554. The van der Waals surface area contributed by atoms with E-state index in [4.69, 9.17) is 0 Å². The molecule has 0 aliphatic carbocycles. The predicted molar refractivity (Wildman–Crippen MR) is 85.6 cm³/mol. The van der Waals surface area contributed by atoms with Crippen LogP contribution in [-0.4, -0.2) is 22.6 Å². The lowest BCUT2D eigenvalue weighted by Gasteiger charge is -2.17. The molecule has 5 nitrogen and oxygen atoms in total. The minimum absolute atomic E-state index is 0.195. The van der Waals surface area contributed by atoms with Crippen LogP contribution in [0.2, 0.25) is 0 Å². The van der Waals surface area contributed by atoms with Crippen molar-refractivity contribution in [2.24, 2.45) is 0 Å². The highest BCUT2D eigenvalue weighted by molar-refractivity contribution is 7.10. The molecule has 1 atom stereocenters. The van der Waals surface area contributed by atoms with Crippen molar-refractivity contribution in [3.8, 4) is 0 Å². The molecule has 0 saturated heterocycles. The molecule has 6 heteroatoms. The SMILES string of the molecule is CCCC(Nc1ccc(C(=O)NCC)nn1)c1cccs1. The average Bonchev–Trinajstić information content (AvgIpc) is 3.02. The Kier molecular flexibility index (Phi) is 5.68. The summed E-state index contributed by atoms with van der Waals surface area (Å²) in [5, 5.41) is 16.2. The highest BCUT2D eigenvalue weighted by Crippen LogP contribution is 2.26. The minimum Gasteiger partial charge on any atom is -0.361 e. The lowest BCUT2D eigenvalue weighted by Crippen LogP contribution is -2.24. The maximum Gasteiger partial charge on any atom is 0.271 e. The fourth-order valence-corrected chi connectivity index (χ4v) is 2.84. The number of nitrogens with one attached hydrogen (secondary N) is 2. The molecule has 2 aromatic heterocycles. The highest BCUT2D eigenvalue weighted by atomic mass is 32.1. The third-order valence-corrected chi connectivity index (χ3v) is 4.01. The molecule has 0 spiro atoms.